The highest BCUT2D eigenvalue weighted by Gasteiger charge is 2.25. The lowest BCUT2D eigenvalue weighted by Gasteiger charge is -2.23. The summed E-state index contributed by atoms with van der Waals surface area (Å²) in [5, 5.41) is 20.3. The molecule has 1 aromatic heterocycles. The van der Waals surface area contributed by atoms with E-state index >= 15 is 8.78 Å². The second kappa shape index (κ2) is 14.1. The predicted molar refractivity (Wildman–Crippen MR) is 176 cm³/mol. The van der Waals surface area contributed by atoms with E-state index in [1.165, 1.54) is 42.5 Å². The van der Waals surface area contributed by atoms with Crippen LogP contribution in [-0.2, 0) is 6.42 Å². The summed E-state index contributed by atoms with van der Waals surface area (Å²) in [6.45, 7) is 0.170. The van der Waals surface area contributed by atoms with Gasteiger partial charge in [0.1, 0.15) is 40.2 Å². The molecule has 8 nitrogen and oxygen atoms in total. The number of fused-ring (bicyclic) bond motifs is 2. The molecule has 246 valence electrons. The number of carbonyl (C=O) groups is 1. The van der Waals surface area contributed by atoms with Crippen molar-refractivity contribution in [3.63, 3.8) is 0 Å². The average molecular weight is 695 g/mol. The first kappa shape index (κ1) is 33.0. The summed E-state index contributed by atoms with van der Waals surface area (Å²) in [4.78, 5) is 24.8. The fraction of sp³-hybridized carbons (Fsp3) is 0.167. The third-order valence-corrected chi connectivity index (χ3v) is 8.14. The van der Waals surface area contributed by atoms with Crippen LogP contribution in [0.15, 0.2) is 87.6 Å². The van der Waals surface area contributed by atoms with Gasteiger partial charge in [0, 0.05) is 40.2 Å². The van der Waals surface area contributed by atoms with E-state index in [4.69, 9.17) is 41.8 Å². The van der Waals surface area contributed by atoms with Crippen LogP contribution in [0.3, 0.4) is 0 Å². The second-order valence-electron chi connectivity index (χ2n) is 10.9. The maximum Gasteiger partial charge on any atom is 0.343 e. The Labute approximate surface area is 282 Å². The highest BCUT2D eigenvalue weighted by molar-refractivity contribution is 6.31. The van der Waals surface area contributed by atoms with E-state index in [2.05, 4.69) is 0 Å². The summed E-state index contributed by atoms with van der Waals surface area (Å²) in [6.07, 6.45) is 1.46. The van der Waals surface area contributed by atoms with Gasteiger partial charge in [-0.2, -0.15) is 0 Å². The summed E-state index contributed by atoms with van der Waals surface area (Å²) < 4.78 is 53.2. The summed E-state index contributed by atoms with van der Waals surface area (Å²) in [5.41, 5.74) is -0.139. The minimum Gasteiger partial charge on any atom is -0.493 e. The molecule has 0 unspecified atom stereocenters. The van der Waals surface area contributed by atoms with Crippen LogP contribution >= 0.6 is 23.2 Å². The van der Waals surface area contributed by atoms with Gasteiger partial charge in [-0.1, -0.05) is 29.3 Å². The highest BCUT2D eigenvalue weighted by Crippen LogP contribution is 2.37. The van der Waals surface area contributed by atoms with Gasteiger partial charge in [-0.15, -0.1) is 0 Å². The Kier molecular flexibility index (Phi) is 9.68. The molecule has 2 N–H and O–H groups in total. The van der Waals surface area contributed by atoms with Crippen LogP contribution in [0.4, 0.5) is 8.78 Å². The van der Waals surface area contributed by atoms with Gasteiger partial charge in [0.2, 0.25) is 5.43 Å². The quantitative estimate of drug-likeness (QED) is 0.133. The fourth-order valence-electron chi connectivity index (χ4n) is 5.31. The summed E-state index contributed by atoms with van der Waals surface area (Å²) >= 11 is 12.1. The van der Waals surface area contributed by atoms with E-state index in [0.717, 1.165) is 11.6 Å². The molecule has 6 rings (SSSR count). The molecule has 1 aliphatic rings. The molecule has 0 amide bonds. The number of aliphatic hydroxyl groups excluding tert-OH is 1. The zero-order chi connectivity index (χ0) is 33.9. The maximum atomic E-state index is 15.2. The lowest BCUT2D eigenvalue weighted by atomic mass is 9.97. The molecule has 1 aliphatic heterocycles. The molecule has 0 radical (unpaired) electrons. The van der Waals surface area contributed by atoms with Crippen molar-refractivity contribution < 1.29 is 42.4 Å². The number of halogens is 4. The summed E-state index contributed by atoms with van der Waals surface area (Å²) in [5.74, 6) is -2.16. The zero-order valence-electron chi connectivity index (χ0n) is 25.0. The van der Waals surface area contributed by atoms with Crippen molar-refractivity contribution in [3.8, 4) is 28.6 Å². The highest BCUT2D eigenvalue weighted by atomic mass is 35.5. The monoisotopic (exact) mass is 694 g/mol. The van der Waals surface area contributed by atoms with Gasteiger partial charge in [-0.3, -0.25) is 4.79 Å². The Morgan fingerprint density at radius 2 is 1.46 bits per heavy atom. The number of rotatable bonds is 11. The van der Waals surface area contributed by atoms with Gasteiger partial charge >= 0.3 is 5.97 Å². The van der Waals surface area contributed by atoms with Crippen LogP contribution < -0.4 is 19.6 Å². The molecular weight excluding hydrogens is 669 g/mol. The zero-order valence-corrected chi connectivity index (χ0v) is 26.5. The number of benzene rings is 4. The number of hydrogen-bond acceptors (Lipinski definition) is 7. The van der Waals surface area contributed by atoms with E-state index in [1.807, 2.05) is 0 Å². The van der Waals surface area contributed by atoms with Crippen molar-refractivity contribution in [1.29, 1.82) is 0 Å². The van der Waals surface area contributed by atoms with Crippen LogP contribution in [0.5, 0.6) is 17.2 Å². The van der Waals surface area contributed by atoms with Crippen molar-refractivity contribution in [2.75, 3.05) is 19.8 Å². The van der Waals surface area contributed by atoms with Gasteiger partial charge in [-0.25, -0.2) is 13.6 Å². The van der Waals surface area contributed by atoms with Gasteiger partial charge in [0.15, 0.2) is 11.3 Å². The number of hydrogen-bond donors (Lipinski definition) is 2. The summed E-state index contributed by atoms with van der Waals surface area (Å²) in [7, 11) is 0. The minimum atomic E-state index is -1.56. The van der Waals surface area contributed by atoms with Crippen molar-refractivity contribution in [2.24, 2.45) is 0 Å². The average Bonchev–Trinajstić information content (AvgIpc) is 3.05. The van der Waals surface area contributed by atoms with E-state index < -0.39 is 34.4 Å². The molecule has 0 fully saturated rings. The van der Waals surface area contributed by atoms with E-state index in [0.29, 0.717) is 41.4 Å². The van der Waals surface area contributed by atoms with Crippen LogP contribution in [0.1, 0.15) is 34.3 Å². The van der Waals surface area contributed by atoms with E-state index in [-0.39, 0.29) is 58.4 Å². The standard InChI is InChI=1S/C36H26Cl2F2O8/c37-21-4-3-19-13-20(18-41)34(47-30(19)14-21)25-9-6-23(16-28(25)39)45-11-1-2-12-46-24-7-10-26(29(40)17-24)35-32(36(43)44)33(42)27-8-5-22(38)15-31(27)48-35/h3-10,14-17,41H,1-2,11-13,18H2,(H,43,44). The number of aliphatic hydroxyl groups is 1. The SMILES string of the molecule is O=C(O)c1c(-c2ccc(OCCCCOc3ccc(C4=C(CO)Cc5ccc(Cl)cc5O4)c(F)c3)cc2F)oc2cc(Cl)ccc2c1=O. The number of carboxylic acids is 1. The van der Waals surface area contributed by atoms with Crippen molar-refractivity contribution in [1.82, 2.24) is 0 Å². The summed E-state index contributed by atoms with van der Waals surface area (Å²) in [6, 6.07) is 17.5. The van der Waals surface area contributed by atoms with Gasteiger partial charge in [0.25, 0.3) is 0 Å². The molecule has 0 saturated heterocycles. The predicted octanol–water partition coefficient (Wildman–Crippen LogP) is 8.32. The van der Waals surface area contributed by atoms with Crippen LogP contribution in [0.2, 0.25) is 10.0 Å². The molecule has 12 heteroatoms. The Hall–Kier alpha value is -4.90. The van der Waals surface area contributed by atoms with Crippen LogP contribution in [0, 0.1) is 11.6 Å². The molecule has 0 aliphatic carbocycles. The molecule has 5 aromatic rings. The first-order valence-corrected chi connectivity index (χ1v) is 15.5. The first-order chi connectivity index (χ1) is 23.1. The smallest absolute Gasteiger partial charge is 0.343 e. The number of aromatic carboxylic acids is 1. The number of carboxylic acid groups (broad SMARTS) is 1. The van der Waals surface area contributed by atoms with Gasteiger partial charge in [-0.05, 0) is 66.9 Å². The number of unbranched alkanes of at least 4 members (excludes halogenated alkanes) is 1. The lowest BCUT2D eigenvalue weighted by Crippen LogP contribution is -2.16. The van der Waals surface area contributed by atoms with Gasteiger partial charge < -0.3 is 28.8 Å². The van der Waals surface area contributed by atoms with Crippen LogP contribution in [0.25, 0.3) is 28.1 Å². The molecule has 2 heterocycles. The third-order valence-electron chi connectivity index (χ3n) is 7.67. The molecule has 48 heavy (non-hydrogen) atoms. The molecule has 4 aromatic carbocycles. The normalized spacial score (nSPS) is 12.5. The third kappa shape index (κ3) is 6.87. The van der Waals surface area contributed by atoms with Crippen molar-refractivity contribution >= 4 is 45.9 Å². The Morgan fingerprint density at radius 3 is 2.08 bits per heavy atom. The topological polar surface area (TPSA) is 115 Å². The molecule has 0 bridgehead atoms. The lowest BCUT2D eigenvalue weighted by molar-refractivity contribution is 0.0694. The Balaban J connectivity index is 1.04. The number of ether oxygens (including phenoxy) is 3. The Morgan fingerprint density at radius 1 is 0.833 bits per heavy atom. The maximum absolute atomic E-state index is 15.2. The van der Waals surface area contributed by atoms with Gasteiger partial charge in [0.05, 0.1) is 36.3 Å². The van der Waals surface area contributed by atoms with E-state index in [9.17, 15) is 19.8 Å². The molecule has 0 saturated carbocycles. The minimum absolute atomic E-state index is 0.00738. The fourth-order valence-corrected chi connectivity index (χ4v) is 5.63. The van der Waals surface area contributed by atoms with Crippen molar-refractivity contribution in [3.05, 3.63) is 127 Å². The Bertz CT molecular complexity index is 2140. The largest absolute Gasteiger partial charge is 0.493 e. The second-order valence-corrected chi connectivity index (χ2v) is 11.8. The molecule has 0 spiro atoms. The first-order valence-electron chi connectivity index (χ1n) is 14.8. The molecule has 0 atom stereocenters. The van der Waals surface area contributed by atoms with E-state index in [1.54, 1.807) is 24.3 Å². The van der Waals surface area contributed by atoms with Crippen LogP contribution in [-0.4, -0.2) is 36.0 Å². The van der Waals surface area contributed by atoms with Crippen molar-refractivity contribution in [2.45, 2.75) is 19.3 Å². The molecular formula is C36H26Cl2F2O8.